The molecular formula is C15H16N2O2S. The zero-order valence-corrected chi connectivity index (χ0v) is 12.6. The number of aromatic nitrogens is 1. The number of hydrogen-bond acceptors (Lipinski definition) is 3. The lowest BCUT2D eigenvalue weighted by Gasteiger charge is -2.06. The molecule has 1 saturated heterocycles. The van der Waals surface area contributed by atoms with E-state index in [9.17, 15) is 9.59 Å². The molecule has 1 aromatic rings. The van der Waals surface area contributed by atoms with Crippen LogP contribution >= 0.6 is 11.8 Å². The molecule has 20 heavy (non-hydrogen) atoms. The van der Waals surface area contributed by atoms with E-state index in [0.29, 0.717) is 4.91 Å². The number of rotatable bonds is 3. The number of imide groups is 1. The molecule has 104 valence electrons. The molecule has 0 saturated carbocycles. The lowest BCUT2D eigenvalue weighted by Crippen LogP contribution is -2.28. The minimum atomic E-state index is -0.306. The minimum Gasteiger partial charge on any atom is -0.349 e. The van der Waals surface area contributed by atoms with Crippen LogP contribution in [0.1, 0.15) is 23.9 Å². The largest absolute Gasteiger partial charge is 0.349 e. The monoisotopic (exact) mass is 288 g/mol. The van der Waals surface area contributed by atoms with Crippen molar-refractivity contribution in [3.63, 3.8) is 0 Å². The van der Waals surface area contributed by atoms with Gasteiger partial charge in [-0.3, -0.25) is 14.5 Å². The first kappa shape index (κ1) is 14.5. The van der Waals surface area contributed by atoms with Crippen LogP contribution in [0.15, 0.2) is 11.0 Å². The second kappa shape index (κ2) is 5.59. The predicted octanol–water partition coefficient (Wildman–Crippen LogP) is 2.79. The Morgan fingerprint density at radius 2 is 2.10 bits per heavy atom. The van der Waals surface area contributed by atoms with E-state index in [1.807, 2.05) is 19.9 Å². The average molecular weight is 288 g/mol. The highest BCUT2D eigenvalue weighted by Crippen LogP contribution is 2.32. The predicted molar refractivity (Wildman–Crippen MR) is 81.1 cm³/mol. The first-order valence-corrected chi connectivity index (χ1v) is 7.16. The second-order valence-electron chi connectivity index (χ2n) is 4.54. The van der Waals surface area contributed by atoms with Gasteiger partial charge in [0.05, 0.1) is 11.4 Å². The Hall–Kier alpha value is -1.93. The molecule has 0 atom stereocenters. The van der Waals surface area contributed by atoms with E-state index < -0.39 is 0 Å². The Kier molecular flexibility index (Phi) is 4.05. The van der Waals surface area contributed by atoms with Crippen LogP contribution < -0.4 is 0 Å². The molecule has 2 heterocycles. The summed E-state index contributed by atoms with van der Waals surface area (Å²) in [6, 6.07) is 2.02. The quantitative estimate of drug-likeness (QED) is 0.634. The highest BCUT2D eigenvalue weighted by Gasteiger charge is 2.34. The van der Waals surface area contributed by atoms with Crippen molar-refractivity contribution in [1.29, 1.82) is 0 Å². The molecule has 0 N–H and O–H groups in total. The molecule has 0 radical (unpaired) electrons. The molecule has 4 nitrogen and oxygen atoms in total. The fourth-order valence-corrected chi connectivity index (χ4v) is 3.16. The summed E-state index contributed by atoms with van der Waals surface area (Å²) in [5, 5.41) is -0.302. The van der Waals surface area contributed by atoms with Gasteiger partial charge < -0.3 is 4.57 Å². The van der Waals surface area contributed by atoms with E-state index in [2.05, 4.69) is 17.4 Å². The Balaban J connectivity index is 2.36. The van der Waals surface area contributed by atoms with Gasteiger partial charge in [0.1, 0.15) is 0 Å². The van der Waals surface area contributed by atoms with Gasteiger partial charge in [-0.05, 0) is 50.2 Å². The van der Waals surface area contributed by atoms with Crippen LogP contribution in [0.2, 0.25) is 0 Å². The first-order chi connectivity index (χ1) is 9.49. The Morgan fingerprint density at radius 1 is 1.40 bits per heavy atom. The van der Waals surface area contributed by atoms with Crippen molar-refractivity contribution in [3.8, 4) is 12.3 Å². The maximum absolute atomic E-state index is 12.1. The number of carbonyl (C=O) groups excluding carboxylic acids is 2. The number of hydrogen-bond donors (Lipinski definition) is 0. The third-order valence-electron chi connectivity index (χ3n) is 3.34. The summed E-state index contributed by atoms with van der Waals surface area (Å²) in [6.45, 7) is 7.01. The minimum absolute atomic E-state index is 0.0238. The van der Waals surface area contributed by atoms with Crippen LogP contribution in [0, 0.1) is 26.2 Å². The molecule has 0 bridgehead atoms. The topological polar surface area (TPSA) is 42.3 Å². The zero-order chi connectivity index (χ0) is 14.9. The van der Waals surface area contributed by atoms with E-state index in [0.717, 1.165) is 40.2 Å². The molecular weight excluding hydrogens is 272 g/mol. The smallest absolute Gasteiger partial charge is 0.294 e. The normalized spacial score (nSPS) is 17.1. The molecule has 5 heteroatoms. The number of terminal acetylenes is 1. The molecule has 1 fully saturated rings. The number of thioether (sulfide) groups is 1. The van der Waals surface area contributed by atoms with Crippen molar-refractivity contribution >= 4 is 29.0 Å². The Morgan fingerprint density at radius 3 is 2.65 bits per heavy atom. The van der Waals surface area contributed by atoms with Crippen molar-refractivity contribution < 1.29 is 9.59 Å². The van der Waals surface area contributed by atoms with Crippen LogP contribution in [-0.4, -0.2) is 27.2 Å². The molecule has 0 spiro atoms. The first-order valence-electron chi connectivity index (χ1n) is 6.35. The van der Waals surface area contributed by atoms with E-state index in [1.165, 1.54) is 0 Å². The van der Waals surface area contributed by atoms with Crippen molar-refractivity contribution in [1.82, 2.24) is 9.47 Å². The number of aryl methyl sites for hydroxylation is 1. The fraction of sp³-hybridized carbons (Fsp3) is 0.333. The Labute approximate surface area is 122 Å². The van der Waals surface area contributed by atoms with Crippen molar-refractivity contribution in [2.45, 2.75) is 27.3 Å². The zero-order valence-electron chi connectivity index (χ0n) is 11.8. The van der Waals surface area contributed by atoms with Gasteiger partial charge in [0.15, 0.2) is 0 Å². The van der Waals surface area contributed by atoms with Gasteiger partial charge in [-0.1, -0.05) is 5.92 Å². The van der Waals surface area contributed by atoms with Crippen LogP contribution in [0.4, 0.5) is 4.79 Å². The molecule has 0 unspecified atom stereocenters. The standard InChI is InChI=1S/C15H16N2O2S/c1-5-7-17-14(18)13(20-15(17)19)9-12-8-10(3)16(6-2)11(12)4/h1,8-9H,6-7H2,2-4H3/b13-9-. The molecule has 0 aromatic carbocycles. The second-order valence-corrected chi connectivity index (χ2v) is 5.54. The third-order valence-corrected chi connectivity index (χ3v) is 4.25. The van der Waals surface area contributed by atoms with Gasteiger partial charge in [-0.25, -0.2) is 0 Å². The maximum Gasteiger partial charge on any atom is 0.294 e. The summed E-state index contributed by atoms with van der Waals surface area (Å²) < 4.78 is 2.16. The summed E-state index contributed by atoms with van der Waals surface area (Å²) in [4.78, 5) is 25.3. The van der Waals surface area contributed by atoms with Crippen LogP contribution in [0.3, 0.4) is 0 Å². The molecule has 1 aliphatic rings. The lowest BCUT2D eigenvalue weighted by atomic mass is 10.2. The van der Waals surface area contributed by atoms with E-state index >= 15 is 0 Å². The molecule has 1 aliphatic heterocycles. The van der Waals surface area contributed by atoms with Crippen LogP contribution in [-0.2, 0) is 11.3 Å². The van der Waals surface area contributed by atoms with Gasteiger partial charge in [0.25, 0.3) is 11.1 Å². The van der Waals surface area contributed by atoms with E-state index in [4.69, 9.17) is 6.42 Å². The van der Waals surface area contributed by atoms with Crippen molar-refractivity contribution in [2.75, 3.05) is 6.54 Å². The lowest BCUT2D eigenvalue weighted by molar-refractivity contribution is -0.122. The highest BCUT2D eigenvalue weighted by atomic mass is 32.2. The van der Waals surface area contributed by atoms with Gasteiger partial charge >= 0.3 is 0 Å². The van der Waals surface area contributed by atoms with E-state index in [1.54, 1.807) is 6.08 Å². The number of carbonyl (C=O) groups is 2. The summed E-state index contributed by atoms with van der Waals surface area (Å²) in [5.74, 6) is 2.02. The van der Waals surface area contributed by atoms with Gasteiger partial charge in [-0.2, -0.15) is 0 Å². The van der Waals surface area contributed by atoms with Crippen LogP contribution in [0.5, 0.6) is 0 Å². The van der Waals surface area contributed by atoms with Crippen molar-refractivity contribution in [3.05, 3.63) is 27.9 Å². The fourth-order valence-electron chi connectivity index (χ4n) is 2.33. The average Bonchev–Trinajstić information content (AvgIpc) is 2.82. The maximum atomic E-state index is 12.1. The van der Waals surface area contributed by atoms with Crippen LogP contribution in [0.25, 0.3) is 6.08 Å². The number of nitrogens with zero attached hydrogens (tertiary/aromatic N) is 2. The Bertz CT molecular complexity index is 650. The van der Waals surface area contributed by atoms with Gasteiger partial charge in [0, 0.05) is 17.9 Å². The summed E-state index contributed by atoms with van der Waals surface area (Å²) >= 11 is 0.942. The summed E-state index contributed by atoms with van der Waals surface area (Å²) in [5.41, 5.74) is 3.20. The molecule has 1 aromatic heterocycles. The summed E-state index contributed by atoms with van der Waals surface area (Å²) in [6.07, 6.45) is 6.94. The molecule has 2 rings (SSSR count). The third kappa shape index (κ3) is 2.39. The van der Waals surface area contributed by atoms with Gasteiger partial charge in [-0.15, -0.1) is 6.42 Å². The SMILES string of the molecule is C#CCN1C(=O)S/C(=C\c2cc(C)n(CC)c2C)C1=O. The van der Waals surface area contributed by atoms with Gasteiger partial charge in [0.2, 0.25) is 0 Å². The summed E-state index contributed by atoms with van der Waals surface area (Å²) in [7, 11) is 0. The van der Waals surface area contributed by atoms with Crippen molar-refractivity contribution in [2.24, 2.45) is 0 Å². The highest BCUT2D eigenvalue weighted by molar-refractivity contribution is 8.18. The van der Waals surface area contributed by atoms with E-state index in [-0.39, 0.29) is 17.7 Å². The molecule has 2 amide bonds. The molecule has 0 aliphatic carbocycles. The number of amides is 2.